The van der Waals surface area contributed by atoms with Crippen molar-refractivity contribution >= 4 is 33.5 Å². The van der Waals surface area contributed by atoms with Crippen LogP contribution in [0.5, 0.6) is 0 Å². The Morgan fingerprint density at radius 2 is 1.84 bits per heavy atom. The van der Waals surface area contributed by atoms with Crippen LogP contribution in [0.1, 0.15) is 21.7 Å². The lowest BCUT2D eigenvalue weighted by molar-refractivity contribution is -0.141. The third kappa shape index (κ3) is 3.16. The van der Waals surface area contributed by atoms with E-state index in [0.29, 0.717) is 16.5 Å². The highest BCUT2D eigenvalue weighted by Gasteiger charge is 2.34. The number of aryl methyl sites for hydroxylation is 1. The Balaban J connectivity index is 2.24. The minimum absolute atomic E-state index is 0.00998. The van der Waals surface area contributed by atoms with Gasteiger partial charge in [-0.2, -0.15) is 13.2 Å². The van der Waals surface area contributed by atoms with Crippen LogP contribution in [0.15, 0.2) is 47.4 Å². The normalized spacial score (nSPS) is 11.8. The number of ether oxygens (including phenoxy) is 1. The van der Waals surface area contributed by atoms with Gasteiger partial charge in [0.1, 0.15) is 16.9 Å². The highest BCUT2D eigenvalue weighted by atomic mass is 19.4. The van der Waals surface area contributed by atoms with Crippen molar-refractivity contribution in [3.8, 4) is 5.69 Å². The molecule has 1 aromatic carbocycles. The molecule has 0 atom stereocenters. The second kappa shape index (κ2) is 7.08. The van der Waals surface area contributed by atoms with Crippen molar-refractivity contribution in [2.75, 3.05) is 12.8 Å². The van der Waals surface area contributed by atoms with E-state index in [0.717, 1.165) is 23.8 Å². The number of esters is 1. The number of nitrogen functional groups attached to an aromatic ring is 1. The number of halogens is 3. The molecule has 3 aromatic heterocycles. The number of fused-ring (bicyclic) bond motifs is 2. The molecule has 3 heterocycles. The van der Waals surface area contributed by atoms with E-state index < -0.39 is 29.0 Å². The third-order valence-corrected chi connectivity index (χ3v) is 4.97. The average Bonchev–Trinajstić information content (AvgIpc) is 2.73. The molecule has 0 saturated heterocycles. The van der Waals surface area contributed by atoms with Crippen LogP contribution in [0.4, 0.5) is 18.9 Å². The SMILES string of the molecule is COC(=O)c1c(N)c2ccc(C(F)(F)F)nc2n(-c2cccc3c(C)nccc23)c1=O. The van der Waals surface area contributed by atoms with Crippen LogP contribution < -0.4 is 11.3 Å². The maximum atomic E-state index is 13.4. The third-order valence-electron chi connectivity index (χ3n) is 4.97. The molecular weight excluding hydrogens is 413 g/mol. The number of anilines is 1. The molecule has 0 radical (unpaired) electrons. The number of hydrogen-bond donors (Lipinski definition) is 1. The number of nitrogens with zero attached hydrogens (tertiary/aromatic N) is 3. The highest BCUT2D eigenvalue weighted by Crippen LogP contribution is 2.32. The Bertz CT molecular complexity index is 1430. The molecular formula is C21H15F3N4O3. The topological polar surface area (TPSA) is 100 Å². The van der Waals surface area contributed by atoms with Crippen LogP contribution in [-0.2, 0) is 10.9 Å². The van der Waals surface area contributed by atoms with Gasteiger partial charge in [0.25, 0.3) is 5.56 Å². The smallest absolute Gasteiger partial charge is 0.433 e. The minimum Gasteiger partial charge on any atom is -0.465 e. The maximum Gasteiger partial charge on any atom is 0.433 e. The van der Waals surface area contributed by atoms with Crippen LogP contribution in [-0.4, -0.2) is 27.6 Å². The first kappa shape index (κ1) is 20.3. The van der Waals surface area contributed by atoms with Crippen LogP contribution in [0, 0.1) is 6.92 Å². The van der Waals surface area contributed by atoms with Crippen LogP contribution in [0.3, 0.4) is 0 Å². The van der Waals surface area contributed by atoms with E-state index in [1.165, 1.54) is 6.20 Å². The summed E-state index contributed by atoms with van der Waals surface area (Å²) in [6.07, 6.45) is -3.23. The van der Waals surface area contributed by atoms with Gasteiger partial charge in [-0.3, -0.25) is 14.3 Å². The second-order valence-electron chi connectivity index (χ2n) is 6.75. The Labute approximate surface area is 172 Å². The van der Waals surface area contributed by atoms with Crippen molar-refractivity contribution < 1.29 is 22.7 Å². The molecule has 4 rings (SSSR count). The lowest BCUT2D eigenvalue weighted by Crippen LogP contribution is -2.29. The number of nitrogens with two attached hydrogens (primary N) is 1. The quantitative estimate of drug-likeness (QED) is 0.490. The molecule has 158 valence electrons. The van der Waals surface area contributed by atoms with E-state index >= 15 is 0 Å². The fourth-order valence-electron chi connectivity index (χ4n) is 3.50. The van der Waals surface area contributed by atoms with Crippen molar-refractivity contribution in [2.45, 2.75) is 13.1 Å². The number of aromatic nitrogens is 3. The monoisotopic (exact) mass is 428 g/mol. The van der Waals surface area contributed by atoms with Gasteiger partial charge in [-0.05, 0) is 31.2 Å². The van der Waals surface area contributed by atoms with E-state index in [2.05, 4.69) is 14.7 Å². The largest absolute Gasteiger partial charge is 0.465 e. The standard InChI is InChI=1S/C21H15F3N4O3/c1-10-11-4-3-5-14(12(11)8-9-26-10)28-18-13(6-7-15(27-18)21(22,23)24)17(25)16(19(28)29)20(30)31-2/h3-9H,25H2,1-2H3. The van der Waals surface area contributed by atoms with Crippen molar-refractivity contribution in [3.63, 3.8) is 0 Å². The van der Waals surface area contributed by atoms with Crippen molar-refractivity contribution in [1.82, 2.24) is 14.5 Å². The summed E-state index contributed by atoms with van der Waals surface area (Å²) in [7, 11) is 1.08. The Hall–Kier alpha value is -3.95. The molecule has 0 amide bonds. The van der Waals surface area contributed by atoms with Gasteiger partial charge in [0.15, 0.2) is 0 Å². The van der Waals surface area contributed by atoms with E-state index in [1.807, 2.05) is 0 Å². The Morgan fingerprint density at radius 3 is 2.52 bits per heavy atom. The van der Waals surface area contributed by atoms with Gasteiger partial charge in [-0.1, -0.05) is 12.1 Å². The molecule has 2 N–H and O–H groups in total. The lowest BCUT2D eigenvalue weighted by Gasteiger charge is -2.17. The number of rotatable bonds is 2. The number of carbonyl (C=O) groups is 1. The minimum atomic E-state index is -4.75. The zero-order valence-electron chi connectivity index (χ0n) is 16.3. The van der Waals surface area contributed by atoms with E-state index in [9.17, 15) is 22.8 Å². The summed E-state index contributed by atoms with van der Waals surface area (Å²) in [6.45, 7) is 1.76. The summed E-state index contributed by atoms with van der Waals surface area (Å²) in [5.41, 5.74) is 3.63. The molecule has 10 heteroatoms. The van der Waals surface area contributed by atoms with Crippen LogP contribution >= 0.6 is 0 Å². The van der Waals surface area contributed by atoms with Gasteiger partial charge in [-0.15, -0.1) is 0 Å². The number of hydrogen-bond acceptors (Lipinski definition) is 6. The molecule has 0 bridgehead atoms. The van der Waals surface area contributed by atoms with Crippen LogP contribution in [0.25, 0.3) is 27.5 Å². The van der Waals surface area contributed by atoms with Gasteiger partial charge < -0.3 is 10.5 Å². The van der Waals surface area contributed by atoms with E-state index in [4.69, 9.17) is 5.73 Å². The predicted octanol–water partition coefficient (Wildman–Crippen LogP) is 3.63. The fraction of sp³-hybridized carbons (Fsp3) is 0.143. The summed E-state index contributed by atoms with van der Waals surface area (Å²) in [5, 5.41) is 1.23. The van der Waals surface area contributed by atoms with E-state index in [1.54, 1.807) is 31.2 Å². The van der Waals surface area contributed by atoms with Gasteiger partial charge in [-0.25, -0.2) is 9.78 Å². The summed E-state index contributed by atoms with van der Waals surface area (Å²) >= 11 is 0. The van der Waals surface area contributed by atoms with Gasteiger partial charge in [0.05, 0.1) is 18.5 Å². The first-order chi connectivity index (χ1) is 14.6. The molecule has 0 unspecified atom stereocenters. The summed E-state index contributed by atoms with van der Waals surface area (Å²) < 4.78 is 45.7. The molecule has 0 saturated carbocycles. The second-order valence-corrected chi connectivity index (χ2v) is 6.75. The summed E-state index contributed by atoms with van der Waals surface area (Å²) in [6, 6.07) is 8.39. The van der Waals surface area contributed by atoms with Gasteiger partial charge in [0, 0.05) is 28.0 Å². The predicted molar refractivity (Wildman–Crippen MR) is 108 cm³/mol. The summed E-state index contributed by atoms with van der Waals surface area (Å²) in [4.78, 5) is 33.5. The molecule has 0 spiro atoms. The van der Waals surface area contributed by atoms with Crippen molar-refractivity contribution in [3.05, 3.63) is 69.9 Å². The zero-order valence-corrected chi connectivity index (χ0v) is 16.3. The molecule has 4 aromatic rings. The van der Waals surface area contributed by atoms with Crippen molar-refractivity contribution in [1.29, 1.82) is 0 Å². The fourth-order valence-corrected chi connectivity index (χ4v) is 3.50. The van der Waals surface area contributed by atoms with Crippen LogP contribution in [0.2, 0.25) is 0 Å². The molecule has 0 aliphatic rings. The number of carbonyl (C=O) groups excluding carboxylic acids is 1. The highest BCUT2D eigenvalue weighted by molar-refractivity contribution is 6.04. The maximum absolute atomic E-state index is 13.4. The number of alkyl halides is 3. The summed E-state index contributed by atoms with van der Waals surface area (Å²) in [5.74, 6) is -1.00. The number of pyridine rings is 3. The van der Waals surface area contributed by atoms with Crippen molar-refractivity contribution in [2.24, 2.45) is 0 Å². The Morgan fingerprint density at radius 1 is 1.10 bits per heavy atom. The molecule has 0 aliphatic heterocycles. The number of benzene rings is 1. The first-order valence-corrected chi connectivity index (χ1v) is 9.00. The van der Waals surface area contributed by atoms with Gasteiger partial charge >= 0.3 is 12.1 Å². The number of methoxy groups -OCH3 is 1. The van der Waals surface area contributed by atoms with E-state index in [-0.39, 0.29) is 22.4 Å². The van der Waals surface area contributed by atoms with Gasteiger partial charge in [0.2, 0.25) is 0 Å². The average molecular weight is 428 g/mol. The molecule has 31 heavy (non-hydrogen) atoms. The first-order valence-electron chi connectivity index (χ1n) is 9.00. The Kier molecular flexibility index (Phi) is 4.64. The molecule has 0 fully saturated rings. The molecule has 7 nitrogen and oxygen atoms in total. The zero-order chi connectivity index (χ0) is 22.5. The molecule has 0 aliphatic carbocycles. The lowest BCUT2D eigenvalue weighted by atomic mass is 10.1.